The van der Waals surface area contributed by atoms with Crippen molar-refractivity contribution in [3.63, 3.8) is 0 Å². The summed E-state index contributed by atoms with van der Waals surface area (Å²) in [4.78, 5) is 0. The normalized spacial score (nSPS) is 25.4. The maximum atomic E-state index is 5.66. The molecule has 0 saturated heterocycles. The van der Waals surface area contributed by atoms with Crippen LogP contribution in [0.2, 0.25) is 0 Å². The first-order valence-electron chi connectivity index (χ1n) is 10.3. The van der Waals surface area contributed by atoms with Crippen LogP contribution in [0.4, 0.5) is 0 Å². The highest BCUT2D eigenvalue weighted by atomic mass is 16.5. The van der Waals surface area contributed by atoms with Crippen LogP contribution in [-0.2, 0) is 5.41 Å². The van der Waals surface area contributed by atoms with Crippen LogP contribution in [0.5, 0.6) is 11.5 Å². The fourth-order valence-electron chi connectivity index (χ4n) is 4.73. The lowest BCUT2D eigenvalue weighted by Gasteiger charge is -2.46. The molecule has 0 N–H and O–H groups in total. The average molecular weight is 367 g/mol. The highest BCUT2D eigenvalue weighted by Crippen LogP contribution is 2.52. The highest BCUT2D eigenvalue weighted by Gasteiger charge is 2.42. The Morgan fingerprint density at radius 1 is 1.00 bits per heavy atom. The molecule has 1 aliphatic carbocycles. The van der Waals surface area contributed by atoms with Crippen LogP contribution in [-0.4, -0.2) is 13.7 Å². The van der Waals surface area contributed by atoms with Crippen molar-refractivity contribution in [3.8, 4) is 11.5 Å². The number of rotatable bonds is 6. The summed E-state index contributed by atoms with van der Waals surface area (Å²) in [5, 5.41) is 0. The van der Waals surface area contributed by atoms with Crippen LogP contribution in [0.3, 0.4) is 0 Å². The topological polar surface area (TPSA) is 18.5 Å². The molecule has 27 heavy (non-hydrogen) atoms. The minimum atomic E-state index is 0.144. The third-order valence-electron chi connectivity index (χ3n) is 6.63. The van der Waals surface area contributed by atoms with Gasteiger partial charge in [0.1, 0.15) is 11.5 Å². The van der Waals surface area contributed by atoms with E-state index in [1.54, 1.807) is 7.11 Å². The van der Waals surface area contributed by atoms with Gasteiger partial charge in [0.05, 0.1) is 13.7 Å². The van der Waals surface area contributed by atoms with Gasteiger partial charge in [-0.2, -0.15) is 0 Å². The number of benzene rings is 2. The van der Waals surface area contributed by atoms with Crippen molar-refractivity contribution in [2.45, 2.75) is 58.3 Å². The fourth-order valence-corrected chi connectivity index (χ4v) is 4.73. The molecule has 3 unspecified atom stereocenters. The van der Waals surface area contributed by atoms with Crippen LogP contribution in [0.15, 0.2) is 48.5 Å². The monoisotopic (exact) mass is 366 g/mol. The average Bonchev–Trinajstić information content (AvgIpc) is 2.69. The van der Waals surface area contributed by atoms with Gasteiger partial charge in [-0.1, -0.05) is 45.0 Å². The van der Waals surface area contributed by atoms with Gasteiger partial charge in [0.15, 0.2) is 0 Å². The van der Waals surface area contributed by atoms with Gasteiger partial charge in [0.25, 0.3) is 0 Å². The van der Waals surface area contributed by atoms with E-state index >= 15 is 0 Å². The number of hydrogen-bond donors (Lipinski definition) is 0. The van der Waals surface area contributed by atoms with E-state index in [0.29, 0.717) is 12.5 Å². The largest absolute Gasteiger partial charge is 0.497 e. The molecule has 1 saturated carbocycles. The van der Waals surface area contributed by atoms with Crippen molar-refractivity contribution < 1.29 is 9.47 Å². The summed E-state index contributed by atoms with van der Waals surface area (Å²) in [6.45, 7) is 9.93. The van der Waals surface area contributed by atoms with E-state index in [-0.39, 0.29) is 5.41 Å². The first-order valence-corrected chi connectivity index (χ1v) is 10.3. The summed E-state index contributed by atoms with van der Waals surface area (Å²) < 4.78 is 11.0. The highest BCUT2D eigenvalue weighted by molar-refractivity contribution is 5.39. The van der Waals surface area contributed by atoms with Crippen LogP contribution in [0.1, 0.15) is 64.0 Å². The predicted octanol–water partition coefficient (Wildman–Crippen LogP) is 6.59. The maximum Gasteiger partial charge on any atom is 0.119 e. The van der Waals surface area contributed by atoms with Gasteiger partial charge in [0.2, 0.25) is 0 Å². The minimum Gasteiger partial charge on any atom is -0.497 e. The van der Waals surface area contributed by atoms with Crippen molar-refractivity contribution in [2.75, 3.05) is 13.7 Å². The summed E-state index contributed by atoms with van der Waals surface area (Å²) in [7, 11) is 1.73. The molecule has 0 radical (unpaired) electrons. The van der Waals surface area contributed by atoms with E-state index in [4.69, 9.17) is 9.47 Å². The second kappa shape index (κ2) is 8.37. The van der Waals surface area contributed by atoms with Crippen LogP contribution in [0.25, 0.3) is 0 Å². The van der Waals surface area contributed by atoms with E-state index in [2.05, 4.69) is 69.3 Å². The molecule has 2 aromatic rings. The lowest BCUT2D eigenvalue weighted by atomic mass is 9.58. The summed E-state index contributed by atoms with van der Waals surface area (Å²) in [5.41, 5.74) is 3.00. The third-order valence-corrected chi connectivity index (χ3v) is 6.63. The van der Waals surface area contributed by atoms with Gasteiger partial charge in [-0.3, -0.25) is 0 Å². The number of ether oxygens (including phenoxy) is 2. The smallest absolute Gasteiger partial charge is 0.119 e. The lowest BCUT2D eigenvalue weighted by molar-refractivity contribution is 0.172. The Kier molecular flexibility index (Phi) is 6.14. The molecule has 2 nitrogen and oxygen atoms in total. The standard InChI is InChI=1S/C25H34O2/c1-6-27-23-11-7-19(8-12-23)24-17-20(18(2)3)15-16-25(24,4)21-9-13-22(26-5)14-10-21/h7-14,18,20,24H,6,15-17H2,1-5H3. The van der Waals surface area contributed by atoms with Crippen LogP contribution < -0.4 is 9.47 Å². The fraction of sp³-hybridized carbons (Fsp3) is 0.520. The predicted molar refractivity (Wildman–Crippen MR) is 113 cm³/mol. The number of hydrogen-bond acceptors (Lipinski definition) is 2. The van der Waals surface area contributed by atoms with Crippen molar-refractivity contribution in [1.82, 2.24) is 0 Å². The molecule has 0 aromatic heterocycles. The first-order chi connectivity index (χ1) is 13.0. The zero-order chi connectivity index (χ0) is 19.4. The molecule has 3 atom stereocenters. The Morgan fingerprint density at radius 3 is 2.19 bits per heavy atom. The second-order valence-electron chi connectivity index (χ2n) is 8.48. The molecule has 0 amide bonds. The van der Waals surface area contributed by atoms with Crippen molar-refractivity contribution >= 4 is 0 Å². The van der Waals surface area contributed by atoms with E-state index < -0.39 is 0 Å². The summed E-state index contributed by atoms with van der Waals surface area (Å²) in [5.74, 6) is 3.92. The van der Waals surface area contributed by atoms with Gasteiger partial charge in [-0.25, -0.2) is 0 Å². The van der Waals surface area contributed by atoms with E-state index in [1.165, 1.54) is 30.4 Å². The molecule has 1 fully saturated rings. The Morgan fingerprint density at radius 2 is 1.63 bits per heavy atom. The van der Waals surface area contributed by atoms with Crippen molar-refractivity contribution in [3.05, 3.63) is 59.7 Å². The van der Waals surface area contributed by atoms with E-state index in [0.717, 1.165) is 23.3 Å². The molecular formula is C25H34O2. The third kappa shape index (κ3) is 4.15. The number of methoxy groups -OCH3 is 1. The molecule has 3 rings (SSSR count). The molecule has 1 aliphatic rings. The Bertz CT molecular complexity index is 717. The van der Waals surface area contributed by atoms with Crippen LogP contribution in [0, 0.1) is 11.8 Å². The SMILES string of the molecule is CCOc1ccc(C2CC(C(C)C)CCC2(C)c2ccc(OC)cc2)cc1. The van der Waals surface area contributed by atoms with E-state index in [1.807, 2.05) is 6.92 Å². The van der Waals surface area contributed by atoms with Crippen molar-refractivity contribution in [2.24, 2.45) is 11.8 Å². The van der Waals surface area contributed by atoms with Gasteiger partial charge >= 0.3 is 0 Å². The molecule has 0 heterocycles. The summed E-state index contributed by atoms with van der Waals surface area (Å²) >= 11 is 0. The minimum absolute atomic E-state index is 0.144. The summed E-state index contributed by atoms with van der Waals surface area (Å²) in [6, 6.07) is 17.5. The summed E-state index contributed by atoms with van der Waals surface area (Å²) in [6.07, 6.45) is 3.77. The molecule has 0 aliphatic heterocycles. The zero-order valence-corrected chi connectivity index (χ0v) is 17.5. The molecule has 146 valence electrons. The Hall–Kier alpha value is -1.96. The molecule has 2 heteroatoms. The van der Waals surface area contributed by atoms with Gasteiger partial charge in [-0.05, 0) is 84.7 Å². The molecule has 0 spiro atoms. The van der Waals surface area contributed by atoms with Gasteiger partial charge in [-0.15, -0.1) is 0 Å². The Labute approximate surface area is 164 Å². The Balaban J connectivity index is 1.96. The zero-order valence-electron chi connectivity index (χ0n) is 17.5. The van der Waals surface area contributed by atoms with Crippen molar-refractivity contribution in [1.29, 1.82) is 0 Å². The van der Waals surface area contributed by atoms with Crippen LogP contribution >= 0.6 is 0 Å². The molecule has 2 aromatic carbocycles. The van der Waals surface area contributed by atoms with Gasteiger partial charge < -0.3 is 9.47 Å². The first kappa shape index (κ1) is 19.8. The lowest BCUT2D eigenvalue weighted by Crippen LogP contribution is -2.37. The quantitative estimate of drug-likeness (QED) is 0.574. The second-order valence-corrected chi connectivity index (χ2v) is 8.48. The molecular weight excluding hydrogens is 332 g/mol. The van der Waals surface area contributed by atoms with E-state index in [9.17, 15) is 0 Å². The maximum absolute atomic E-state index is 5.66. The van der Waals surface area contributed by atoms with Gasteiger partial charge in [0, 0.05) is 0 Å². The molecule has 0 bridgehead atoms.